The monoisotopic (exact) mass is 300 g/mol. The van der Waals surface area contributed by atoms with Gasteiger partial charge in [0.05, 0.1) is 5.71 Å². The van der Waals surface area contributed by atoms with E-state index in [1.165, 1.54) is 0 Å². The summed E-state index contributed by atoms with van der Waals surface area (Å²) in [6.45, 7) is 0. The van der Waals surface area contributed by atoms with E-state index in [9.17, 15) is 9.90 Å². The first-order valence-corrected chi connectivity index (χ1v) is 6.90. The maximum Gasteiger partial charge on any atom is 0.172 e. The molecule has 4 nitrogen and oxygen atoms in total. The number of carbonyl (C=O) groups is 1. The Hall–Kier alpha value is -2.17. The van der Waals surface area contributed by atoms with Gasteiger partial charge in [-0.25, -0.2) is 0 Å². The van der Waals surface area contributed by atoms with Crippen molar-refractivity contribution in [1.29, 1.82) is 0 Å². The molecule has 3 rings (SSSR count). The minimum Gasteiger partial charge on any atom is -0.371 e. The number of hydrogen-bond acceptors (Lipinski definition) is 4. The molecule has 0 bridgehead atoms. The molecule has 0 saturated heterocycles. The summed E-state index contributed by atoms with van der Waals surface area (Å²) in [5.41, 5.74) is 2.94. The first-order chi connectivity index (χ1) is 10.2. The highest BCUT2D eigenvalue weighted by atomic mass is 35.5. The normalized spacial score (nSPS) is 20.8. The van der Waals surface area contributed by atoms with Gasteiger partial charge in [0.2, 0.25) is 0 Å². The standard InChI is InChI=1S/C16H13ClN2O2/c17-11-6-7-13-12(8-11)15(10-4-2-1-3-5-10)19-16(21)14(9-20)18-13/h1-9,14,16,18,21H. The third kappa shape index (κ3) is 2.68. The molecule has 0 aliphatic carbocycles. The lowest BCUT2D eigenvalue weighted by Crippen LogP contribution is -2.32. The van der Waals surface area contributed by atoms with E-state index in [0.717, 1.165) is 16.8 Å². The van der Waals surface area contributed by atoms with Crippen LogP contribution in [0.4, 0.5) is 5.69 Å². The lowest BCUT2D eigenvalue weighted by Gasteiger charge is -2.14. The number of nitrogens with one attached hydrogen (secondary N) is 1. The van der Waals surface area contributed by atoms with Crippen LogP contribution in [0.3, 0.4) is 0 Å². The smallest absolute Gasteiger partial charge is 0.172 e. The van der Waals surface area contributed by atoms with E-state index in [4.69, 9.17) is 11.6 Å². The number of hydrogen-bond donors (Lipinski definition) is 2. The molecule has 5 heteroatoms. The maximum atomic E-state index is 11.1. The predicted molar refractivity (Wildman–Crippen MR) is 83.0 cm³/mol. The van der Waals surface area contributed by atoms with Gasteiger partial charge in [-0.1, -0.05) is 41.9 Å². The second-order valence-corrected chi connectivity index (χ2v) is 5.19. The molecular formula is C16H13ClN2O2. The molecule has 2 N–H and O–H groups in total. The Bertz CT molecular complexity index is 701. The summed E-state index contributed by atoms with van der Waals surface area (Å²) in [6, 6.07) is 14.0. The summed E-state index contributed by atoms with van der Waals surface area (Å²) in [5.74, 6) is 0. The van der Waals surface area contributed by atoms with Gasteiger partial charge in [0.25, 0.3) is 0 Å². The Morgan fingerprint density at radius 2 is 1.95 bits per heavy atom. The van der Waals surface area contributed by atoms with E-state index in [1.807, 2.05) is 30.3 Å². The van der Waals surface area contributed by atoms with Crippen LogP contribution in [0, 0.1) is 0 Å². The van der Waals surface area contributed by atoms with Gasteiger partial charge < -0.3 is 15.2 Å². The first-order valence-electron chi connectivity index (χ1n) is 6.52. The zero-order chi connectivity index (χ0) is 14.8. The van der Waals surface area contributed by atoms with Crippen molar-refractivity contribution in [3.63, 3.8) is 0 Å². The summed E-state index contributed by atoms with van der Waals surface area (Å²) < 4.78 is 0. The lowest BCUT2D eigenvalue weighted by atomic mass is 10.0. The number of aldehydes is 1. The van der Waals surface area contributed by atoms with Crippen molar-refractivity contribution in [3.8, 4) is 0 Å². The van der Waals surface area contributed by atoms with Crippen molar-refractivity contribution in [3.05, 3.63) is 64.7 Å². The van der Waals surface area contributed by atoms with Gasteiger partial charge in [-0.05, 0) is 18.2 Å². The van der Waals surface area contributed by atoms with Gasteiger partial charge in [-0.3, -0.25) is 4.99 Å². The molecule has 1 aliphatic rings. The van der Waals surface area contributed by atoms with Gasteiger partial charge >= 0.3 is 0 Å². The number of aliphatic hydroxyl groups is 1. The van der Waals surface area contributed by atoms with E-state index in [0.29, 0.717) is 17.0 Å². The molecule has 0 aromatic heterocycles. The Balaban J connectivity index is 2.21. The molecule has 1 heterocycles. The number of benzodiazepines with no additional fused rings is 1. The lowest BCUT2D eigenvalue weighted by molar-refractivity contribution is -0.110. The third-order valence-corrected chi connectivity index (χ3v) is 3.57. The van der Waals surface area contributed by atoms with Crippen molar-refractivity contribution in [2.45, 2.75) is 12.3 Å². The highest BCUT2D eigenvalue weighted by Gasteiger charge is 2.25. The average molecular weight is 301 g/mol. The SMILES string of the molecule is O=CC1Nc2ccc(Cl)cc2C(c2ccccc2)=NC1O. The van der Waals surface area contributed by atoms with Crippen LogP contribution in [0.15, 0.2) is 53.5 Å². The zero-order valence-electron chi connectivity index (χ0n) is 11.0. The number of nitrogens with zero attached hydrogens (tertiary/aromatic N) is 1. The van der Waals surface area contributed by atoms with Crippen LogP contribution in [0.25, 0.3) is 0 Å². The highest BCUT2D eigenvalue weighted by molar-refractivity contribution is 6.31. The van der Waals surface area contributed by atoms with Crippen molar-refractivity contribution >= 4 is 29.3 Å². The van der Waals surface area contributed by atoms with Crippen molar-refractivity contribution in [2.75, 3.05) is 5.32 Å². The van der Waals surface area contributed by atoms with Crippen LogP contribution in [0.5, 0.6) is 0 Å². The van der Waals surface area contributed by atoms with Crippen LogP contribution in [-0.4, -0.2) is 29.4 Å². The first kappa shape index (κ1) is 13.8. The fourth-order valence-electron chi connectivity index (χ4n) is 2.30. The maximum absolute atomic E-state index is 11.1. The van der Waals surface area contributed by atoms with Crippen LogP contribution < -0.4 is 5.32 Å². The number of halogens is 1. The van der Waals surface area contributed by atoms with Gasteiger partial charge in [0.1, 0.15) is 12.3 Å². The van der Waals surface area contributed by atoms with Crippen molar-refractivity contribution < 1.29 is 9.90 Å². The van der Waals surface area contributed by atoms with Crippen LogP contribution in [0.2, 0.25) is 5.02 Å². The summed E-state index contributed by atoms with van der Waals surface area (Å²) in [5, 5.41) is 13.7. The fourth-order valence-corrected chi connectivity index (χ4v) is 2.48. The molecular weight excluding hydrogens is 288 g/mol. The Kier molecular flexibility index (Phi) is 3.73. The molecule has 1 aliphatic heterocycles. The number of rotatable bonds is 2. The molecule has 21 heavy (non-hydrogen) atoms. The third-order valence-electron chi connectivity index (χ3n) is 3.34. The Labute approximate surface area is 127 Å². The van der Waals surface area contributed by atoms with Crippen LogP contribution in [0.1, 0.15) is 11.1 Å². The number of benzene rings is 2. The second kappa shape index (κ2) is 5.68. The quantitative estimate of drug-likeness (QED) is 0.838. The summed E-state index contributed by atoms with van der Waals surface area (Å²) in [7, 11) is 0. The van der Waals surface area contributed by atoms with E-state index < -0.39 is 12.3 Å². The molecule has 2 aromatic rings. The van der Waals surface area contributed by atoms with Gasteiger partial charge in [0, 0.05) is 21.8 Å². The number of aliphatic hydroxyl groups excluding tert-OH is 1. The second-order valence-electron chi connectivity index (χ2n) is 4.75. The van der Waals surface area contributed by atoms with E-state index in [-0.39, 0.29) is 0 Å². The zero-order valence-corrected chi connectivity index (χ0v) is 11.8. The van der Waals surface area contributed by atoms with Gasteiger partial charge in [-0.2, -0.15) is 0 Å². The number of aliphatic imine (C=N–C) groups is 1. The number of carbonyl (C=O) groups excluding carboxylic acids is 1. The average Bonchev–Trinajstić information content (AvgIpc) is 2.65. The largest absolute Gasteiger partial charge is 0.371 e. The predicted octanol–water partition coefficient (Wildman–Crippen LogP) is 2.49. The number of fused-ring (bicyclic) bond motifs is 1. The minimum atomic E-state index is -1.15. The molecule has 2 atom stereocenters. The number of anilines is 1. The van der Waals surface area contributed by atoms with E-state index >= 15 is 0 Å². The van der Waals surface area contributed by atoms with Gasteiger partial charge in [0.15, 0.2) is 6.23 Å². The molecule has 0 saturated carbocycles. The van der Waals surface area contributed by atoms with Gasteiger partial charge in [-0.15, -0.1) is 0 Å². The summed E-state index contributed by atoms with van der Waals surface area (Å²) in [4.78, 5) is 15.4. The van der Waals surface area contributed by atoms with Crippen molar-refractivity contribution in [1.82, 2.24) is 0 Å². The van der Waals surface area contributed by atoms with Crippen molar-refractivity contribution in [2.24, 2.45) is 4.99 Å². The summed E-state index contributed by atoms with van der Waals surface area (Å²) >= 11 is 6.07. The molecule has 2 aromatic carbocycles. The van der Waals surface area contributed by atoms with Crippen LogP contribution in [-0.2, 0) is 4.79 Å². The highest BCUT2D eigenvalue weighted by Crippen LogP contribution is 2.27. The fraction of sp³-hybridized carbons (Fsp3) is 0.125. The molecule has 2 unspecified atom stereocenters. The molecule has 0 fully saturated rings. The van der Waals surface area contributed by atoms with Crippen LogP contribution >= 0.6 is 11.6 Å². The minimum absolute atomic E-state index is 0.568. The molecule has 0 radical (unpaired) electrons. The molecule has 0 amide bonds. The molecule has 106 valence electrons. The Morgan fingerprint density at radius 1 is 1.19 bits per heavy atom. The van der Waals surface area contributed by atoms with E-state index in [2.05, 4.69) is 10.3 Å². The topological polar surface area (TPSA) is 61.7 Å². The van der Waals surface area contributed by atoms with E-state index in [1.54, 1.807) is 18.2 Å². The Morgan fingerprint density at radius 3 is 2.67 bits per heavy atom. The summed E-state index contributed by atoms with van der Waals surface area (Å²) in [6.07, 6.45) is -0.496. The molecule has 0 spiro atoms.